The Labute approximate surface area is 686 Å². The van der Waals surface area contributed by atoms with Gasteiger partial charge in [-0.3, -0.25) is 0 Å². The predicted molar refractivity (Wildman–Crippen MR) is 453 cm³/mol. The van der Waals surface area contributed by atoms with E-state index in [1.165, 1.54) is 81.9 Å². The third-order valence-electron chi connectivity index (χ3n) is 15.5. The fourth-order valence-corrected chi connectivity index (χ4v) is 9.32. The second-order valence-corrected chi connectivity index (χ2v) is 29.7. The van der Waals surface area contributed by atoms with E-state index in [-0.39, 0.29) is 121 Å². The smallest absolute Gasteiger partial charge is 1.00 e. The third-order valence-corrected chi connectivity index (χ3v) is 16.4. The zero-order chi connectivity index (χ0) is 78.0. The monoisotopic (exact) mass is 1550 g/mol. The van der Waals surface area contributed by atoms with Crippen LogP contribution in [0.2, 0.25) is 0 Å². The molecular formula is C86H111BF5N7NaO3S4. The van der Waals surface area contributed by atoms with Gasteiger partial charge in [0.25, 0.3) is 0 Å². The van der Waals surface area contributed by atoms with Crippen molar-refractivity contribution in [3.05, 3.63) is 301 Å². The Balaban J connectivity index is -0.000000299. The van der Waals surface area contributed by atoms with E-state index in [1.54, 1.807) is 32.0 Å². The van der Waals surface area contributed by atoms with Crippen LogP contribution in [0.15, 0.2) is 198 Å². The quantitative estimate of drug-likeness (QED) is 0.0269. The number of phenols is 3. The maximum atomic E-state index is 13.8. The van der Waals surface area contributed by atoms with Crippen LogP contribution in [0, 0.1) is 68.1 Å². The molecule has 3 radical (unpaired) electrons. The van der Waals surface area contributed by atoms with Gasteiger partial charge in [0.2, 0.25) is 0 Å². The molecule has 571 valence electrons. The van der Waals surface area contributed by atoms with Crippen molar-refractivity contribution in [2.75, 3.05) is 0 Å². The molecule has 107 heavy (non-hydrogen) atoms. The molecule has 10 nitrogen and oxygen atoms in total. The number of halogens is 5. The molecule has 0 aliphatic carbocycles. The van der Waals surface area contributed by atoms with Gasteiger partial charge < -0.3 is 38.0 Å². The number of benzene rings is 9. The number of phenolic OH excluding ortho intramolecular Hbond substituents is 3. The Bertz CT molecular complexity index is 4140. The SMILES string of the molecule is C.CC(C)(C)c1ccc(CN=C=S)cc1.CC(C)(C)c1ccc(CN=C=S)cc1.CC(C)(C)c1ccc(CNC(=S)NCc2ccc(O)cc2F)cc1.Cc1ccc(C)c(F)c1.Cc1ccc(CNC(=S)NCc2ccc(C(C)(C)C)cc2)c(F)c1.Cc1ccc(O)cc1F.N#Cc1ccc(O)cc1F.[B].[H-].[HH].[HH].[HH].[HH].[Na+]. The van der Waals surface area contributed by atoms with Crippen molar-refractivity contribution in [1.82, 2.24) is 21.3 Å². The van der Waals surface area contributed by atoms with Crippen LogP contribution in [-0.2, 0) is 60.9 Å². The van der Waals surface area contributed by atoms with Crippen LogP contribution in [0.25, 0.3) is 0 Å². The number of hydrogen-bond acceptors (Lipinski definition) is 10. The summed E-state index contributed by atoms with van der Waals surface area (Å²) in [6.07, 6.45) is 0. The molecule has 0 unspecified atom stereocenters. The van der Waals surface area contributed by atoms with Gasteiger partial charge in [0.1, 0.15) is 52.4 Å². The fraction of sp³-hybridized carbons (Fsp3) is 0.314. The number of aryl methyl sites for hydroxylation is 4. The number of aliphatic imine (C=N–C) groups is 2. The van der Waals surface area contributed by atoms with Gasteiger partial charge in [-0.05, 0) is 201 Å². The molecule has 0 spiro atoms. The largest absolute Gasteiger partial charge is 1.00 e. The minimum absolute atomic E-state index is 0. The number of nitrogens with one attached hydrogen (secondary N) is 4. The molecule has 0 fully saturated rings. The van der Waals surface area contributed by atoms with E-state index in [4.69, 9.17) is 39.9 Å². The molecule has 9 rings (SSSR count). The minimum Gasteiger partial charge on any atom is -1.00 e. The summed E-state index contributed by atoms with van der Waals surface area (Å²) < 4.78 is 64.9. The topological polar surface area (TPSA) is 157 Å². The summed E-state index contributed by atoms with van der Waals surface area (Å²) in [4.78, 5) is 7.80. The number of nitrogens with zero attached hydrogens (tertiary/aromatic N) is 3. The van der Waals surface area contributed by atoms with Crippen molar-refractivity contribution >= 4 is 77.8 Å². The van der Waals surface area contributed by atoms with Crippen molar-refractivity contribution in [1.29, 1.82) is 5.26 Å². The summed E-state index contributed by atoms with van der Waals surface area (Å²) in [5.74, 6) is -2.12. The number of aromatic hydroxyl groups is 3. The van der Waals surface area contributed by atoms with Crippen molar-refractivity contribution in [3.63, 3.8) is 0 Å². The van der Waals surface area contributed by atoms with Crippen LogP contribution >= 0.6 is 48.9 Å². The molecule has 21 heteroatoms. The van der Waals surface area contributed by atoms with Crippen molar-refractivity contribution in [3.8, 4) is 23.3 Å². The Kier molecular flexibility index (Phi) is 44.9. The van der Waals surface area contributed by atoms with E-state index in [0.717, 1.165) is 40.5 Å². The molecule has 0 saturated heterocycles. The average molecular weight is 1550 g/mol. The molecule has 9 aromatic rings. The van der Waals surface area contributed by atoms with E-state index < -0.39 is 11.6 Å². The van der Waals surface area contributed by atoms with Crippen molar-refractivity contribution < 1.29 is 74.0 Å². The maximum absolute atomic E-state index is 13.8. The van der Waals surface area contributed by atoms with Crippen LogP contribution < -0.4 is 50.8 Å². The van der Waals surface area contributed by atoms with Crippen LogP contribution in [0.5, 0.6) is 17.2 Å². The molecule has 0 aliphatic rings. The summed E-state index contributed by atoms with van der Waals surface area (Å²) in [6.45, 7) is 36.7. The summed E-state index contributed by atoms with van der Waals surface area (Å²) >= 11 is 19.5. The summed E-state index contributed by atoms with van der Waals surface area (Å²) in [6, 6.07) is 57.5. The van der Waals surface area contributed by atoms with Gasteiger partial charge in [0.05, 0.1) is 29.0 Å². The second-order valence-electron chi connectivity index (χ2n) is 28.5. The molecule has 0 heterocycles. The Morgan fingerprint density at radius 1 is 0.402 bits per heavy atom. The first-order valence-electron chi connectivity index (χ1n) is 33.5. The van der Waals surface area contributed by atoms with Gasteiger partial charge in [-0.15, -0.1) is 0 Å². The number of nitriles is 1. The zero-order valence-corrected chi connectivity index (χ0v) is 69.2. The molecule has 0 amide bonds. The second kappa shape index (κ2) is 48.8. The first-order chi connectivity index (χ1) is 48.7. The van der Waals surface area contributed by atoms with Gasteiger partial charge in [0.15, 0.2) is 10.2 Å². The van der Waals surface area contributed by atoms with E-state index in [9.17, 15) is 27.1 Å². The average Bonchev–Trinajstić information content (AvgIpc) is 0.864. The minimum atomic E-state index is -0.692. The van der Waals surface area contributed by atoms with E-state index >= 15 is 0 Å². The number of rotatable bonds is 12. The summed E-state index contributed by atoms with van der Waals surface area (Å²) in [7, 11) is 0. The van der Waals surface area contributed by atoms with E-state index in [0.29, 0.717) is 65.2 Å². The molecule has 0 saturated carbocycles. The summed E-state index contributed by atoms with van der Waals surface area (Å²) in [5, 5.41) is 52.8. The first kappa shape index (κ1) is 98.6. The zero-order valence-electron chi connectivity index (χ0n) is 64.9. The molecule has 7 N–H and O–H groups in total. The van der Waals surface area contributed by atoms with Gasteiger partial charge in [0, 0.05) is 69.6 Å². The number of isothiocyanates is 2. The van der Waals surface area contributed by atoms with E-state index in [1.807, 2.05) is 26.0 Å². The standard InChI is InChI=1S/C20H25FN2S.C19H23FN2OS.2C12H15NS.C8H9F.C7H4FNO.C7H7FO.CH4.B.Na.4H2.H/c1-14-5-8-16(18(21)11-14)13-23-19(24)22-12-15-6-9-17(10-7-15)20(2,3)4;1-19(2,3)15-7-4-13(5-8-15)11-21-18(24)22-12-14-6-9-16(23)10-17(14)20;2*1-12(2,3)11-6-4-10(5-7-11)8-13-9-14;1-6-3-4-7(2)8(9)5-6;8-7-3-6(10)2-1-5(7)4-9;1-5-2-3-6(9)4-7(5)8;;;;;;;;/h5-11H,12-13H2,1-4H3,(H2,22,23,24);4-10,23H,11-12H2,1-3H3,(H2,21,22,24);2*4-7H,8H2,1-3H3;3-5H,1-2H3;1-3,10H;2-4,9H,1H3;1H4;;;4*1H;/q;;;;;;;;;+1;;;;;-1. The Morgan fingerprint density at radius 3 is 0.963 bits per heavy atom. The first-order valence-corrected chi connectivity index (χ1v) is 35.1. The normalized spacial score (nSPS) is 10.3. The third kappa shape index (κ3) is 39.3. The number of thiocarbonyl (C=S) groups is 4. The molecule has 9 aromatic carbocycles. The van der Waals surface area contributed by atoms with E-state index in [2.05, 4.69) is 246 Å². The van der Waals surface area contributed by atoms with Crippen LogP contribution in [0.1, 0.15) is 181 Å². The molecular weight excluding hydrogens is 1440 g/mol. The Hall–Kier alpha value is -8.44. The van der Waals surface area contributed by atoms with Gasteiger partial charge >= 0.3 is 29.6 Å². The molecule has 0 atom stereocenters. The van der Waals surface area contributed by atoms with Crippen molar-refractivity contribution in [2.45, 2.75) is 179 Å². The molecule has 0 aliphatic heterocycles. The Morgan fingerprint density at radius 2 is 0.673 bits per heavy atom. The van der Waals surface area contributed by atoms with Gasteiger partial charge in [-0.1, -0.05) is 224 Å². The van der Waals surface area contributed by atoms with Crippen molar-refractivity contribution in [2.24, 2.45) is 9.98 Å². The molecule has 0 aromatic heterocycles. The number of hydrogen-bond donors (Lipinski definition) is 7. The summed E-state index contributed by atoms with van der Waals surface area (Å²) in [5.41, 5.74) is 14.8. The van der Waals surface area contributed by atoms with Crippen LogP contribution in [-0.4, -0.2) is 44.3 Å². The van der Waals surface area contributed by atoms with Gasteiger partial charge in [-0.25, -0.2) is 31.9 Å². The van der Waals surface area contributed by atoms with Gasteiger partial charge in [-0.2, -0.15) is 5.26 Å². The predicted octanol–water partition coefficient (Wildman–Crippen LogP) is 19.8. The van der Waals surface area contributed by atoms with Crippen LogP contribution in [0.4, 0.5) is 22.0 Å². The van der Waals surface area contributed by atoms with Crippen LogP contribution in [0.3, 0.4) is 0 Å². The molecule has 0 bridgehead atoms. The maximum Gasteiger partial charge on any atom is 1.00 e. The fourth-order valence-electron chi connectivity index (χ4n) is 8.90.